The van der Waals surface area contributed by atoms with Crippen molar-refractivity contribution in [1.82, 2.24) is 9.78 Å². The van der Waals surface area contributed by atoms with Crippen molar-refractivity contribution in [2.24, 2.45) is 0 Å². The SMILES string of the molecule is Cc1ccc(-c2nn(-c3ccccc3)cc2C(=O)Nc2ccc3c(c2)NC(=O)CS3)cc1C. The lowest BCUT2D eigenvalue weighted by molar-refractivity contribution is -0.113. The molecule has 0 atom stereocenters. The monoisotopic (exact) mass is 454 g/mol. The van der Waals surface area contributed by atoms with Crippen LogP contribution in [0.4, 0.5) is 11.4 Å². The molecule has 7 heteroatoms. The predicted molar refractivity (Wildman–Crippen MR) is 132 cm³/mol. The number of aromatic nitrogens is 2. The van der Waals surface area contributed by atoms with Crippen LogP contribution in [-0.4, -0.2) is 27.3 Å². The maximum Gasteiger partial charge on any atom is 0.259 e. The van der Waals surface area contributed by atoms with E-state index in [1.807, 2.05) is 61.5 Å². The van der Waals surface area contributed by atoms with Crippen molar-refractivity contribution in [3.63, 3.8) is 0 Å². The maximum absolute atomic E-state index is 13.4. The van der Waals surface area contributed by atoms with Crippen LogP contribution < -0.4 is 10.6 Å². The van der Waals surface area contributed by atoms with Gasteiger partial charge in [0.15, 0.2) is 0 Å². The number of thioether (sulfide) groups is 1. The van der Waals surface area contributed by atoms with Crippen LogP contribution in [0.2, 0.25) is 0 Å². The van der Waals surface area contributed by atoms with Crippen molar-refractivity contribution >= 4 is 35.0 Å². The van der Waals surface area contributed by atoms with Crippen LogP contribution in [-0.2, 0) is 4.79 Å². The van der Waals surface area contributed by atoms with Gasteiger partial charge >= 0.3 is 0 Å². The normalized spacial score (nSPS) is 12.7. The molecule has 0 unspecified atom stereocenters. The van der Waals surface area contributed by atoms with Gasteiger partial charge in [-0.2, -0.15) is 5.10 Å². The Balaban J connectivity index is 1.53. The molecule has 1 aliphatic heterocycles. The van der Waals surface area contributed by atoms with Crippen LogP contribution in [0.1, 0.15) is 21.5 Å². The minimum absolute atomic E-state index is 0.0443. The average molecular weight is 455 g/mol. The minimum Gasteiger partial charge on any atom is -0.324 e. The summed E-state index contributed by atoms with van der Waals surface area (Å²) in [5.74, 6) is 0.0914. The fraction of sp³-hybridized carbons (Fsp3) is 0.115. The van der Waals surface area contributed by atoms with Gasteiger partial charge in [-0.05, 0) is 61.4 Å². The Morgan fingerprint density at radius 2 is 1.85 bits per heavy atom. The Morgan fingerprint density at radius 3 is 2.64 bits per heavy atom. The third-order valence-electron chi connectivity index (χ3n) is 5.63. The summed E-state index contributed by atoms with van der Waals surface area (Å²) in [6, 6.07) is 21.3. The number of anilines is 2. The zero-order valence-corrected chi connectivity index (χ0v) is 19.1. The van der Waals surface area contributed by atoms with Gasteiger partial charge < -0.3 is 10.6 Å². The Hall–Kier alpha value is -3.84. The van der Waals surface area contributed by atoms with Crippen molar-refractivity contribution < 1.29 is 9.59 Å². The lowest BCUT2D eigenvalue weighted by Crippen LogP contribution is -2.19. The summed E-state index contributed by atoms with van der Waals surface area (Å²) in [5, 5.41) is 10.6. The van der Waals surface area contributed by atoms with E-state index < -0.39 is 0 Å². The number of hydrogen-bond acceptors (Lipinski definition) is 4. The van der Waals surface area contributed by atoms with Gasteiger partial charge in [-0.25, -0.2) is 4.68 Å². The standard InChI is InChI=1S/C26H22N4O2S/c1-16-8-9-18(12-17(16)2)25-21(14-30(29-25)20-6-4-3-5-7-20)26(32)27-19-10-11-23-22(13-19)28-24(31)15-33-23/h3-14H,15H2,1-2H3,(H,27,32)(H,28,31). The number of nitrogens with one attached hydrogen (secondary N) is 2. The van der Waals surface area contributed by atoms with Gasteiger partial charge in [-0.15, -0.1) is 11.8 Å². The van der Waals surface area contributed by atoms with E-state index >= 15 is 0 Å². The third-order valence-corrected chi connectivity index (χ3v) is 6.70. The van der Waals surface area contributed by atoms with Crippen molar-refractivity contribution in [1.29, 1.82) is 0 Å². The molecule has 0 saturated heterocycles. The second-order valence-corrected chi connectivity index (χ2v) is 8.99. The molecule has 2 amide bonds. The zero-order valence-electron chi connectivity index (χ0n) is 18.3. The molecule has 2 N–H and O–H groups in total. The van der Waals surface area contributed by atoms with Crippen molar-refractivity contribution in [3.8, 4) is 16.9 Å². The van der Waals surface area contributed by atoms with E-state index in [1.54, 1.807) is 16.9 Å². The molecule has 5 rings (SSSR count). The summed E-state index contributed by atoms with van der Waals surface area (Å²) in [5.41, 5.74) is 6.47. The topological polar surface area (TPSA) is 76.0 Å². The van der Waals surface area contributed by atoms with E-state index in [4.69, 9.17) is 5.10 Å². The first-order valence-electron chi connectivity index (χ1n) is 10.6. The first kappa shape index (κ1) is 21.0. The molecule has 33 heavy (non-hydrogen) atoms. The fourth-order valence-corrected chi connectivity index (χ4v) is 4.50. The van der Waals surface area contributed by atoms with E-state index in [0.717, 1.165) is 21.7 Å². The molecular weight excluding hydrogens is 432 g/mol. The first-order valence-corrected chi connectivity index (χ1v) is 11.6. The highest BCUT2D eigenvalue weighted by molar-refractivity contribution is 8.00. The molecule has 0 saturated carbocycles. The van der Waals surface area contributed by atoms with E-state index in [-0.39, 0.29) is 11.8 Å². The molecule has 6 nitrogen and oxygen atoms in total. The van der Waals surface area contributed by atoms with E-state index in [1.165, 1.54) is 17.3 Å². The van der Waals surface area contributed by atoms with Gasteiger partial charge in [-0.1, -0.05) is 30.3 Å². The van der Waals surface area contributed by atoms with Gasteiger partial charge in [-0.3, -0.25) is 9.59 Å². The number of carbonyl (C=O) groups excluding carboxylic acids is 2. The van der Waals surface area contributed by atoms with E-state index in [9.17, 15) is 9.59 Å². The summed E-state index contributed by atoms with van der Waals surface area (Å²) < 4.78 is 1.73. The van der Waals surface area contributed by atoms with Crippen molar-refractivity contribution in [3.05, 3.63) is 89.6 Å². The van der Waals surface area contributed by atoms with Crippen LogP contribution in [0.5, 0.6) is 0 Å². The molecule has 1 aromatic heterocycles. The van der Waals surface area contributed by atoms with E-state index in [0.29, 0.717) is 28.4 Å². The number of carbonyl (C=O) groups is 2. The van der Waals surface area contributed by atoms with Crippen molar-refractivity contribution in [2.45, 2.75) is 18.7 Å². The van der Waals surface area contributed by atoms with Crippen LogP contribution in [0.3, 0.4) is 0 Å². The molecule has 0 fully saturated rings. The first-order chi connectivity index (χ1) is 16.0. The van der Waals surface area contributed by atoms with Gasteiger partial charge in [0.2, 0.25) is 5.91 Å². The molecule has 1 aliphatic rings. The molecule has 0 spiro atoms. The summed E-state index contributed by atoms with van der Waals surface area (Å²) >= 11 is 1.49. The van der Waals surface area contributed by atoms with Gasteiger partial charge in [0.05, 0.1) is 22.7 Å². The second-order valence-electron chi connectivity index (χ2n) is 7.97. The molecule has 0 radical (unpaired) electrons. The quantitative estimate of drug-likeness (QED) is 0.430. The summed E-state index contributed by atoms with van der Waals surface area (Å²) in [6.07, 6.45) is 1.76. The average Bonchev–Trinajstić information content (AvgIpc) is 3.27. The maximum atomic E-state index is 13.4. The molecular formula is C26H22N4O2S. The number of para-hydroxylation sites is 1. The molecule has 2 heterocycles. The van der Waals surface area contributed by atoms with Crippen LogP contribution >= 0.6 is 11.8 Å². The second kappa shape index (κ2) is 8.60. The van der Waals surface area contributed by atoms with E-state index in [2.05, 4.69) is 23.6 Å². The van der Waals surface area contributed by atoms with Gasteiger partial charge in [0.1, 0.15) is 5.69 Å². The third kappa shape index (κ3) is 4.27. The van der Waals surface area contributed by atoms with Crippen LogP contribution in [0.15, 0.2) is 77.8 Å². The number of hydrogen-bond donors (Lipinski definition) is 2. The number of fused-ring (bicyclic) bond motifs is 1. The minimum atomic E-state index is -0.264. The molecule has 164 valence electrons. The highest BCUT2D eigenvalue weighted by atomic mass is 32.2. The Kier molecular flexibility index (Phi) is 5.48. The van der Waals surface area contributed by atoms with Crippen LogP contribution in [0.25, 0.3) is 16.9 Å². The smallest absolute Gasteiger partial charge is 0.259 e. The Morgan fingerprint density at radius 1 is 1.03 bits per heavy atom. The number of benzene rings is 3. The largest absolute Gasteiger partial charge is 0.324 e. The highest BCUT2D eigenvalue weighted by Gasteiger charge is 2.21. The summed E-state index contributed by atoms with van der Waals surface area (Å²) in [4.78, 5) is 26.1. The summed E-state index contributed by atoms with van der Waals surface area (Å²) in [7, 11) is 0. The molecule has 0 bridgehead atoms. The Bertz CT molecular complexity index is 1380. The van der Waals surface area contributed by atoms with Crippen LogP contribution in [0, 0.1) is 13.8 Å². The number of aryl methyl sites for hydroxylation is 2. The number of rotatable bonds is 4. The zero-order chi connectivity index (χ0) is 22.9. The number of amides is 2. The fourth-order valence-electron chi connectivity index (χ4n) is 3.71. The van der Waals surface area contributed by atoms with Gasteiger partial charge in [0, 0.05) is 22.3 Å². The lowest BCUT2D eigenvalue weighted by Gasteiger charge is -2.17. The molecule has 4 aromatic rings. The Labute approximate surface area is 196 Å². The number of nitrogens with zero attached hydrogens (tertiary/aromatic N) is 2. The highest BCUT2D eigenvalue weighted by Crippen LogP contribution is 2.34. The molecule has 0 aliphatic carbocycles. The van der Waals surface area contributed by atoms with Gasteiger partial charge in [0.25, 0.3) is 5.91 Å². The predicted octanol–water partition coefficient (Wildman–Crippen LogP) is 5.45. The summed E-state index contributed by atoms with van der Waals surface area (Å²) in [6.45, 7) is 4.11. The lowest BCUT2D eigenvalue weighted by atomic mass is 10.0. The van der Waals surface area contributed by atoms with Crippen molar-refractivity contribution in [2.75, 3.05) is 16.4 Å². The molecule has 3 aromatic carbocycles.